The molecule has 11 heavy (non-hydrogen) atoms. The van der Waals surface area contributed by atoms with Crippen LogP contribution in [0.5, 0.6) is 0 Å². The van der Waals surface area contributed by atoms with Crippen LogP contribution >= 0.6 is 0 Å². The summed E-state index contributed by atoms with van der Waals surface area (Å²) in [7, 11) is -4.17. The first kappa shape index (κ1) is 13.0. The van der Waals surface area contributed by atoms with E-state index in [-0.39, 0.29) is 0 Å². The summed E-state index contributed by atoms with van der Waals surface area (Å²) < 4.78 is 28.5. The lowest BCUT2D eigenvalue weighted by atomic mass is 10.9. The lowest BCUT2D eigenvalue weighted by Crippen LogP contribution is -2.16. The summed E-state index contributed by atoms with van der Waals surface area (Å²) >= 11 is 0. The summed E-state index contributed by atoms with van der Waals surface area (Å²) in [6.07, 6.45) is 0. The second kappa shape index (κ2) is 6.08. The highest BCUT2D eigenvalue weighted by molar-refractivity contribution is 7.85. The average molecular weight is 184 g/mol. The third kappa shape index (κ3) is 45.1. The van der Waals surface area contributed by atoms with Gasteiger partial charge in [-0.2, -0.15) is 0 Å². The molecule has 0 rings (SSSR count). The van der Waals surface area contributed by atoms with Crippen LogP contribution < -0.4 is 5.11 Å². The van der Waals surface area contributed by atoms with Gasteiger partial charge in [-0.25, -0.2) is 8.42 Å². The summed E-state index contributed by atoms with van der Waals surface area (Å²) in [6, 6.07) is 0. The van der Waals surface area contributed by atoms with E-state index in [4.69, 9.17) is 15.0 Å². The number of aliphatic hydroxyl groups excluding tert-OH is 1. The quantitative estimate of drug-likeness (QED) is 0.466. The van der Waals surface area contributed by atoms with E-state index in [2.05, 4.69) is 0 Å². The molecule has 7 heteroatoms. The van der Waals surface area contributed by atoms with Gasteiger partial charge in [-0.3, -0.25) is 0 Å². The van der Waals surface area contributed by atoms with Crippen molar-refractivity contribution in [3.05, 3.63) is 0 Å². The van der Waals surface area contributed by atoms with Gasteiger partial charge in [-0.1, -0.05) is 0 Å². The number of aliphatic hydroxyl groups is 1. The first-order valence-electron chi connectivity index (χ1n) is 2.51. The average Bonchev–Trinajstić information content (AvgIpc) is 1.58. The van der Waals surface area contributed by atoms with Crippen LogP contribution in [0, 0.1) is 0 Å². The molecule has 0 saturated carbocycles. The molecule has 68 valence electrons. The maximum atomic E-state index is 9.52. The molecule has 0 aromatic carbocycles. The summed E-state index contributed by atoms with van der Waals surface area (Å²) in [5, 5.41) is 16.7. The topological polar surface area (TPSA) is 118 Å². The van der Waals surface area contributed by atoms with Gasteiger partial charge in [-0.05, 0) is 6.92 Å². The number of hydrogen-bond donors (Lipinski definition) is 1. The maximum absolute atomic E-state index is 9.52. The van der Waals surface area contributed by atoms with E-state index in [1.54, 1.807) is 0 Å². The highest BCUT2D eigenvalue weighted by Crippen LogP contribution is 1.75. The van der Waals surface area contributed by atoms with E-state index in [9.17, 15) is 13.0 Å². The molecule has 0 bridgehead atoms. The van der Waals surface area contributed by atoms with Crippen LogP contribution in [0.4, 0.5) is 0 Å². The van der Waals surface area contributed by atoms with E-state index in [1.165, 1.54) is 0 Å². The fraction of sp³-hybridized carbons (Fsp3) is 0.750. The van der Waals surface area contributed by atoms with Crippen molar-refractivity contribution in [3.63, 3.8) is 0 Å². The zero-order valence-corrected chi connectivity index (χ0v) is 6.63. The van der Waals surface area contributed by atoms with E-state index in [0.717, 1.165) is 6.92 Å². The molecular weight excluding hydrogens is 176 g/mol. The number of rotatable bonds is 2. The van der Waals surface area contributed by atoms with Gasteiger partial charge in [0.05, 0.1) is 22.5 Å². The first-order chi connectivity index (χ1) is 4.79. The molecule has 0 spiro atoms. The van der Waals surface area contributed by atoms with E-state index >= 15 is 0 Å². The van der Waals surface area contributed by atoms with Crippen molar-refractivity contribution in [2.45, 2.75) is 6.92 Å². The summed E-state index contributed by atoms with van der Waals surface area (Å²) in [6.45, 7) is 0.381. The first-order valence-corrected chi connectivity index (χ1v) is 4.09. The van der Waals surface area contributed by atoms with E-state index < -0.39 is 28.4 Å². The summed E-state index contributed by atoms with van der Waals surface area (Å²) in [4.78, 5) is 8.89. The van der Waals surface area contributed by atoms with Crippen molar-refractivity contribution in [1.82, 2.24) is 0 Å². The Morgan fingerprint density at radius 3 is 1.82 bits per heavy atom. The molecule has 0 aromatic rings. The van der Waals surface area contributed by atoms with Crippen molar-refractivity contribution < 1.29 is 28.0 Å². The van der Waals surface area contributed by atoms with Crippen molar-refractivity contribution >= 4 is 16.1 Å². The van der Waals surface area contributed by atoms with Gasteiger partial charge >= 0.3 is 0 Å². The molecule has 1 N–H and O–H groups in total. The largest absolute Gasteiger partial charge is 0.748 e. The van der Waals surface area contributed by atoms with Gasteiger partial charge < -0.3 is 19.6 Å². The highest BCUT2D eigenvalue weighted by Gasteiger charge is 1.88. The van der Waals surface area contributed by atoms with Gasteiger partial charge in [0.1, 0.15) is 0 Å². The predicted molar refractivity (Wildman–Crippen MR) is 32.3 cm³/mol. The second-order valence-corrected chi connectivity index (χ2v) is 3.00. The van der Waals surface area contributed by atoms with Crippen LogP contribution in [0.1, 0.15) is 6.92 Å². The minimum atomic E-state index is -4.17. The lowest BCUT2D eigenvalue weighted by Gasteiger charge is -2.00. The number of carboxylic acid groups (broad SMARTS) is 1. The Kier molecular flexibility index (Phi) is 7.16. The molecule has 0 aliphatic heterocycles. The van der Waals surface area contributed by atoms with Crippen LogP contribution in [0.2, 0.25) is 0 Å². The molecular formula is C4H8O6S-2. The fourth-order valence-corrected chi connectivity index (χ4v) is 0.335. The molecule has 0 unspecified atom stereocenters. The normalized spacial score (nSPS) is 9.73. The molecule has 6 nitrogen and oxygen atoms in total. The van der Waals surface area contributed by atoms with Gasteiger partial charge in [0, 0.05) is 5.97 Å². The van der Waals surface area contributed by atoms with Crippen molar-refractivity contribution in [2.75, 3.05) is 12.4 Å². The van der Waals surface area contributed by atoms with Gasteiger partial charge in [0.15, 0.2) is 0 Å². The Morgan fingerprint density at radius 2 is 1.82 bits per heavy atom. The smallest absolute Gasteiger partial charge is 0.0968 e. The standard InChI is InChI=1S/C2H6O4S.C2H4O2/c3-1-2-7(4,5)6;1-2(3)4/h3H,1-2H2,(H,4,5,6);1H3,(H,3,4)/p-2. The monoisotopic (exact) mass is 184 g/mol. The minimum absolute atomic E-state index is 0.591. The Balaban J connectivity index is 0. The van der Waals surface area contributed by atoms with E-state index in [0.29, 0.717) is 0 Å². The van der Waals surface area contributed by atoms with Crippen LogP contribution in [0.25, 0.3) is 0 Å². The summed E-state index contributed by atoms with van der Waals surface area (Å²) in [5.41, 5.74) is 0. The molecule has 0 heterocycles. The molecule has 0 amide bonds. The van der Waals surface area contributed by atoms with Crippen molar-refractivity contribution in [1.29, 1.82) is 0 Å². The number of carbonyl (C=O) groups excluding carboxylic acids is 1. The molecule has 0 fully saturated rings. The molecule has 0 radical (unpaired) electrons. The number of aliphatic carboxylic acids is 1. The van der Waals surface area contributed by atoms with Crippen LogP contribution in [0.15, 0.2) is 0 Å². The van der Waals surface area contributed by atoms with Crippen LogP contribution in [0.3, 0.4) is 0 Å². The van der Waals surface area contributed by atoms with Crippen molar-refractivity contribution in [3.8, 4) is 0 Å². The lowest BCUT2D eigenvalue weighted by molar-refractivity contribution is -0.302. The van der Waals surface area contributed by atoms with Gasteiger partial charge in [-0.15, -0.1) is 0 Å². The molecule has 0 aliphatic rings. The highest BCUT2D eigenvalue weighted by atomic mass is 32.2. The molecule has 0 aromatic heterocycles. The number of carboxylic acids is 1. The Bertz CT molecular complexity index is 189. The number of carbonyl (C=O) groups is 1. The number of hydrogen-bond acceptors (Lipinski definition) is 6. The zero-order valence-electron chi connectivity index (χ0n) is 5.81. The molecule has 0 atom stereocenters. The van der Waals surface area contributed by atoms with Crippen LogP contribution in [-0.4, -0.2) is 36.4 Å². The Hall–Kier alpha value is -0.660. The molecule has 0 saturated heterocycles. The second-order valence-electron chi connectivity index (χ2n) is 1.48. The fourth-order valence-electron chi connectivity index (χ4n) is 0.112. The maximum Gasteiger partial charge on any atom is 0.0968 e. The van der Waals surface area contributed by atoms with Gasteiger partial charge in [0.25, 0.3) is 0 Å². The third-order valence-electron chi connectivity index (χ3n) is 0.341. The van der Waals surface area contributed by atoms with Crippen molar-refractivity contribution in [2.24, 2.45) is 0 Å². The predicted octanol–water partition coefficient (Wildman–Crippen LogP) is -2.72. The SMILES string of the molecule is CC(=O)[O-].O=S(=O)([O-])CCO. The van der Waals surface area contributed by atoms with Gasteiger partial charge in [0.2, 0.25) is 0 Å². The van der Waals surface area contributed by atoms with E-state index in [1.807, 2.05) is 0 Å². The zero-order chi connectivity index (χ0) is 9.49. The minimum Gasteiger partial charge on any atom is -0.748 e. The van der Waals surface area contributed by atoms with Crippen LogP contribution in [-0.2, 0) is 14.9 Å². The molecule has 0 aliphatic carbocycles. The summed E-state index contributed by atoms with van der Waals surface area (Å²) in [5.74, 6) is -1.77. The third-order valence-corrected chi connectivity index (χ3v) is 1.02. The Labute approximate surface area is 64.2 Å². The Morgan fingerprint density at radius 1 is 1.55 bits per heavy atom.